The lowest BCUT2D eigenvalue weighted by molar-refractivity contribution is -0.125. The molecule has 0 N–H and O–H groups in total. The Kier molecular flexibility index (Phi) is 5.23. The van der Waals surface area contributed by atoms with Crippen molar-refractivity contribution in [3.63, 3.8) is 0 Å². The number of rotatable bonds is 7. The normalized spacial score (nSPS) is 14.9. The maximum atomic E-state index is 12.4. The van der Waals surface area contributed by atoms with Crippen LogP contribution in [0.25, 0.3) is 6.08 Å². The molecule has 1 aliphatic rings. The third kappa shape index (κ3) is 4.12. The molecule has 1 aliphatic heterocycles. The van der Waals surface area contributed by atoms with Crippen molar-refractivity contribution in [3.05, 3.63) is 53.8 Å². The van der Waals surface area contributed by atoms with Crippen molar-refractivity contribution in [2.24, 2.45) is 0 Å². The number of unbranched alkanes of at least 4 members (excludes halogenated alkanes) is 1. The second-order valence-electron chi connectivity index (χ2n) is 5.82. The fourth-order valence-electron chi connectivity index (χ4n) is 2.50. The third-order valence-corrected chi connectivity index (χ3v) is 3.89. The summed E-state index contributed by atoms with van der Waals surface area (Å²) < 4.78 is 5.14. The molecule has 2 aromatic rings. The predicted molar refractivity (Wildman–Crippen MR) is 91.0 cm³/mol. The van der Waals surface area contributed by atoms with Crippen LogP contribution in [-0.4, -0.2) is 38.4 Å². The monoisotopic (exact) mass is 340 g/mol. The number of benzene rings is 1. The van der Waals surface area contributed by atoms with Crippen LogP contribution in [0.5, 0.6) is 0 Å². The number of amides is 3. The van der Waals surface area contributed by atoms with Crippen LogP contribution in [-0.2, 0) is 17.8 Å². The van der Waals surface area contributed by atoms with Crippen LogP contribution < -0.4 is 0 Å². The van der Waals surface area contributed by atoms with Crippen molar-refractivity contribution in [1.29, 1.82) is 0 Å². The van der Waals surface area contributed by atoms with Gasteiger partial charge in [-0.1, -0.05) is 48.8 Å². The number of aromatic nitrogens is 2. The number of carbonyl (C=O) groups is 2. The van der Waals surface area contributed by atoms with Crippen molar-refractivity contribution in [3.8, 4) is 0 Å². The van der Waals surface area contributed by atoms with E-state index in [0.717, 1.165) is 29.7 Å². The van der Waals surface area contributed by atoms with Crippen molar-refractivity contribution in [2.45, 2.75) is 32.7 Å². The highest BCUT2D eigenvalue weighted by molar-refractivity contribution is 6.02. The summed E-state index contributed by atoms with van der Waals surface area (Å²) in [6.07, 6.45) is 6.16. The molecule has 3 rings (SSSR count). The van der Waals surface area contributed by atoms with E-state index in [4.69, 9.17) is 4.52 Å². The summed E-state index contributed by atoms with van der Waals surface area (Å²) in [6.45, 7) is 2.10. The van der Waals surface area contributed by atoms with Gasteiger partial charge in [0.25, 0.3) is 5.91 Å². The summed E-state index contributed by atoms with van der Waals surface area (Å²) in [7, 11) is 0. The van der Waals surface area contributed by atoms with E-state index in [2.05, 4.69) is 17.1 Å². The number of hydrogen-bond donors (Lipinski definition) is 0. The van der Waals surface area contributed by atoms with Crippen LogP contribution in [0.15, 0.2) is 41.1 Å². The molecule has 0 bridgehead atoms. The minimum Gasteiger partial charge on any atom is -0.337 e. The van der Waals surface area contributed by atoms with Crippen molar-refractivity contribution < 1.29 is 14.1 Å². The van der Waals surface area contributed by atoms with E-state index in [-0.39, 0.29) is 30.9 Å². The van der Waals surface area contributed by atoms with Gasteiger partial charge in [-0.3, -0.25) is 14.6 Å². The molecule has 1 aromatic heterocycles. The van der Waals surface area contributed by atoms with Crippen LogP contribution in [0, 0.1) is 0 Å². The summed E-state index contributed by atoms with van der Waals surface area (Å²) in [5.74, 6) is 0.606. The Balaban J connectivity index is 1.63. The SMILES string of the molecule is CCCCc1noc(CN2C(=O)CN(/C=C/c3ccccc3)C2=O)n1. The topological polar surface area (TPSA) is 79.5 Å². The first-order chi connectivity index (χ1) is 12.2. The molecule has 0 saturated carbocycles. The van der Waals surface area contributed by atoms with E-state index in [1.165, 1.54) is 4.90 Å². The fraction of sp³-hybridized carbons (Fsp3) is 0.333. The van der Waals surface area contributed by atoms with E-state index in [0.29, 0.717) is 5.82 Å². The molecule has 3 amide bonds. The van der Waals surface area contributed by atoms with E-state index in [9.17, 15) is 9.59 Å². The lowest BCUT2D eigenvalue weighted by Gasteiger charge is -2.11. The van der Waals surface area contributed by atoms with Crippen LogP contribution in [0.3, 0.4) is 0 Å². The first-order valence-corrected chi connectivity index (χ1v) is 8.33. The third-order valence-electron chi connectivity index (χ3n) is 3.89. The number of hydrogen-bond acceptors (Lipinski definition) is 5. The Hall–Kier alpha value is -2.96. The maximum Gasteiger partial charge on any atom is 0.331 e. The van der Waals surface area contributed by atoms with Gasteiger partial charge in [-0.05, 0) is 18.1 Å². The average molecular weight is 340 g/mol. The van der Waals surface area contributed by atoms with E-state index < -0.39 is 0 Å². The summed E-state index contributed by atoms with van der Waals surface area (Å²) in [5, 5.41) is 3.88. The van der Waals surface area contributed by atoms with Gasteiger partial charge >= 0.3 is 6.03 Å². The first kappa shape index (κ1) is 16.9. The molecule has 1 aromatic carbocycles. The minimum absolute atomic E-state index is 0.00642. The second kappa shape index (κ2) is 7.74. The highest BCUT2D eigenvalue weighted by atomic mass is 16.5. The van der Waals surface area contributed by atoms with Gasteiger partial charge in [-0.25, -0.2) is 4.79 Å². The van der Waals surface area contributed by atoms with Gasteiger partial charge < -0.3 is 4.52 Å². The highest BCUT2D eigenvalue weighted by Gasteiger charge is 2.35. The average Bonchev–Trinajstić information content (AvgIpc) is 3.19. The zero-order valence-electron chi connectivity index (χ0n) is 14.1. The molecule has 0 aliphatic carbocycles. The van der Waals surface area contributed by atoms with E-state index in [1.807, 2.05) is 30.3 Å². The van der Waals surface area contributed by atoms with Crippen LogP contribution in [0.4, 0.5) is 4.79 Å². The van der Waals surface area contributed by atoms with Gasteiger partial charge in [0, 0.05) is 12.6 Å². The molecular formula is C18H20N4O3. The van der Waals surface area contributed by atoms with Gasteiger partial charge in [0.2, 0.25) is 5.89 Å². The smallest absolute Gasteiger partial charge is 0.331 e. The summed E-state index contributed by atoms with van der Waals surface area (Å²) in [5.41, 5.74) is 0.957. The van der Waals surface area contributed by atoms with E-state index in [1.54, 1.807) is 12.3 Å². The molecule has 7 heteroatoms. The quantitative estimate of drug-likeness (QED) is 0.724. The zero-order valence-corrected chi connectivity index (χ0v) is 14.1. The Bertz CT molecular complexity index is 770. The Morgan fingerprint density at radius 1 is 1.24 bits per heavy atom. The van der Waals surface area contributed by atoms with Crippen molar-refractivity contribution in [1.82, 2.24) is 19.9 Å². The Labute approximate surface area is 145 Å². The van der Waals surface area contributed by atoms with Gasteiger partial charge in [0.1, 0.15) is 13.1 Å². The molecule has 0 spiro atoms. The van der Waals surface area contributed by atoms with Gasteiger partial charge in [-0.15, -0.1) is 0 Å². The van der Waals surface area contributed by atoms with Crippen LogP contribution >= 0.6 is 0 Å². The molecular weight excluding hydrogens is 320 g/mol. The zero-order chi connectivity index (χ0) is 17.6. The summed E-state index contributed by atoms with van der Waals surface area (Å²) in [6, 6.07) is 9.21. The molecule has 130 valence electrons. The van der Waals surface area contributed by atoms with Gasteiger partial charge in [-0.2, -0.15) is 4.98 Å². The van der Waals surface area contributed by atoms with Crippen molar-refractivity contribution in [2.75, 3.05) is 6.54 Å². The Morgan fingerprint density at radius 3 is 2.80 bits per heavy atom. The number of aryl methyl sites for hydroxylation is 1. The minimum atomic E-state index is -0.384. The largest absolute Gasteiger partial charge is 0.337 e. The highest BCUT2D eigenvalue weighted by Crippen LogP contribution is 2.15. The molecule has 25 heavy (non-hydrogen) atoms. The molecule has 0 atom stereocenters. The molecule has 2 heterocycles. The first-order valence-electron chi connectivity index (χ1n) is 8.33. The summed E-state index contributed by atoms with van der Waals surface area (Å²) >= 11 is 0. The van der Waals surface area contributed by atoms with E-state index >= 15 is 0 Å². The molecule has 7 nitrogen and oxygen atoms in total. The Morgan fingerprint density at radius 2 is 2.04 bits per heavy atom. The van der Waals surface area contributed by atoms with Gasteiger partial charge in [0.05, 0.1) is 0 Å². The van der Waals surface area contributed by atoms with Crippen molar-refractivity contribution >= 4 is 18.0 Å². The molecule has 1 saturated heterocycles. The van der Waals surface area contributed by atoms with Crippen LogP contribution in [0.2, 0.25) is 0 Å². The lowest BCUT2D eigenvalue weighted by atomic mass is 10.2. The number of carbonyl (C=O) groups excluding carboxylic acids is 2. The fourth-order valence-corrected chi connectivity index (χ4v) is 2.50. The summed E-state index contributed by atoms with van der Waals surface area (Å²) in [4.78, 5) is 31.3. The number of nitrogens with zero attached hydrogens (tertiary/aromatic N) is 4. The number of urea groups is 1. The van der Waals surface area contributed by atoms with Gasteiger partial charge in [0.15, 0.2) is 5.82 Å². The predicted octanol–water partition coefficient (Wildman–Crippen LogP) is 2.85. The maximum absolute atomic E-state index is 12.4. The molecule has 0 unspecified atom stereocenters. The van der Waals surface area contributed by atoms with Crippen LogP contribution in [0.1, 0.15) is 37.0 Å². The molecule has 0 radical (unpaired) electrons. The molecule has 1 fully saturated rings. The number of imide groups is 1. The standard InChI is InChI=1S/C18H20N4O3/c1-2-3-9-15-19-16(25-20-15)12-22-17(23)13-21(18(22)24)11-10-14-7-5-4-6-8-14/h4-8,10-11H,2-3,9,12-13H2,1H3/b11-10+. The lowest BCUT2D eigenvalue weighted by Crippen LogP contribution is -2.30. The second-order valence-corrected chi connectivity index (χ2v) is 5.82.